The largest absolute Gasteiger partial charge is 0.355 e. The third-order valence-corrected chi connectivity index (χ3v) is 5.30. The zero-order chi connectivity index (χ0) is 19.2. The van der Waals surface area contributed by atoms with Crippen LogP contribution in [0.2, 0.25) is 0 Å². The highest BCUT2D eigenvalue weighted by Crippen LogP contribution is 2.19. The van der Waals surface area contributed by atoms with E-state index in [-0.39, 0.29) is 18.1 Å². The van der Waals surface area contributed by atoms with Crippen LogP contribution in [0.25, 0.3) is 5.69 Å². The molecule has 0 saturated carbocycles. The molecule has 0 spiro atoms. The maximum atomic E-state index is 13.1. The van der Waals surface area contributed by atoms with Crippen LogP contribution in [-0.2, 0) is 11.2 Å². The maximum Gasteiger partial charge on any atom is 0.224 e. The minimum absolute atomic E-state index is 0.0199. The number of carbonyl (C=O) groups excluding carboxylic acids is 1. The Bertz CT molecular complexity index is 907. The number of carbonyl (C=O) groups is 1. The first-order chi connectivity index (χ1) is 13.0. The Kier molecular flexibility index (Phi) is 6.29. The molecular formula is C21H22FN3OS. The van der Waals surface area contributed by atoms with Gasteiger partial charge >= 0.3 is 0 Å². The second kappa shape index (κ2) is 8.86. The van der Waals surface area contributed by atoms with Crippen molar-refractivity contribution in [3.63, 3.8) is 0 Å². The Morgan fingerprint density at radius 3 is 2.52 bits per heavy atom. The molecule has 4 nitrogen and oxygen atoms in total. The minimum Gasteiger partial charge on any atom is -0.355 e. The van der Waals surface area contributed by atoms with E-state index in [1.807, 2.05) is 32.0 Å². The van der Waals surface area contributed by atoms with Crippen molar-refractivity contribution in [2.75, 3.05) is 12.3 Å². The molecule has 3 aromatic rings. The molecule has 0 unspecified atom stereocenters. The molecule has 1 aromatic heterocycles. The Hall–Kier alpha value is -2.60. The summed E-state index contributed by atoms with van der Waals surface area (Å²) in [6, 6.07) is 16.3. The van der Waals surface area contributed by atoms with E-state index < -0.39 is 0 Å². The average molecular weight is 383 g/mol. The lowest BCUT2D eigenvalue weighted by atomic mass is 10.1. The van der Waals surface area contributed by atoms with Gasteiger partial charge in [0.05, 0.1) is 17.8 Å². The topological polar surface area (TPSA) is 46.9 Å². The zero-order valence-corrected chi connectivity index (χ0v) is 16.2. The minimum atomic E-state index is -0.284. The zero-order valence-electron chi connectivity index (χ0n) is 15.4. The van der Waals surface area contributed by atoms with Gasteiger partial charge in [-0.25, -0.2) is 9.07 Å². The molecule has 1 amide bonds. The normalized spacial score (nSPS) is 10.8. The van der Waals surface area contributed by atoms with Gasteiger partial charge in [0.25, 0.3) is 0 Å². The van der Waals surface area contributed by atoms with Crippen molar-refractivity contribution in [3.05, 3.63) is 77.4 Å². The van der Waals surface area contributed by atoms with Crippen LogP contribution in [0.1, 0.15) is 17.0 Å². The second-order valence-corrected chi connectivity index (χ2v) is 7.39. The lowest BCUT2D eigenvalue weighted by Gasteiger charge is -2.07. The van der Waals surface area contributed by atoms with E-state index >= 15 is 0 Å². The van der Waals surface area contributed by atoms with Gasteiger partial charge in [-0.05, 0) is 50.2 Å². The predicted molar refractivity (Wildman–Crippen MR) is 107 cm³/mol. The SMILES string of the molecule is Cc1nn(-c2ccc(F)cc2)c(C)c1CC(=O)NCCSc1ccccc1. The molecular weight excluding hydrogens is 361 g/mol. The van der Waals surface area contributed by atoms with Crippen LogP contribution in [0.3, 0.4) is 0 Å². The number of amides is 1. The Morgan fingerprint density at radius 2 is 1.81 bits per heavy atom. The van der Waals surface area contributed by atoms with Crippen molar-refractivity contribution in [1.82, 2.24) is 15.1 Å². The van der Waals surface area contributed by atoms with Crippen LogP contribution in [0.15, 0.2) is 59.5 Å². The number of benzene rings is 2. The van der Waals surface area contributed by atoms with Crippen molar-refractivity contribution in [2.45, 2.75) is 25.2 Å². The number of nitrogens with one attached hydrogen (secondary N) is 1. The Labute approximate surface area is 162 Å². The molecule has 2 aromatic carbocycles. The molecule has 0 bridgehead atoms. The van der Waals surface area contributed by atoms with Gasteiger partial charge in [0.1, 0.15) is 5.82 Å². The fraction of sp³-hybridized carbons (Fsp3) is 0.238. The molecule has 3 rings (SSSR count). The predicted octanol–water partition coefficient (Wildman–Crippen LogP) is 4.08. The van der Waals surface area contributed by atoms with Crippen molar-refractivity contribution in [3.8, 4) is 5.69 Å². The highest BCUT2D eigenvalue weighted by molar-refractivity contribution is 7.99. The fourth-order valence-corrected chi connectivity index (χ4v) is 3.65. The third kappa shape index (κ3) is 4.98. The summed E-state index contributed by atoms with van der Waals surface area (Å²) in [6.07, 6.45) is 0.287. The van der Waals surface area contributed by atoms with E-state index in [9.17, 15) is 9.18 Å². The Balaban J connectivity index is 1.57. The van der Waals surface area contributed by atoms with E-state index in [0.717, 1.165) is 28.4 Å². The quantitative estimate of drug-likeness (QED) is 0.494. The van der Waals surface area contributed by atoms with Gasteiger partial charge in [0.15, 0.2) is 0 Å². The van der Waals surface area contributed by atoms with Gasteiger partial charge in [-0.2, -0.15) is 5.10 Å². The molecule has 0 aliphatic rings. The van der Waals surface area contributed by atoms with Crippen molar-refractivity contribution < 1.29 is 9.18 Å². The number of hydrogen-bond donors (Lipinski definition) is 1. The monoisotopic (exact) mass is 383 g/mol. The summed E-state index contributed by atoms with van der Waals surface area (Å²) in [7, 11) is 0. The number of halogens is 1. The van der Waals surface area contributed by atoms with Gasteiger partial charge in [-0.1, -0.05) is 18.2 Å². The summed E-state index contributed by atoms with van der Waals surface area (Å²) in [5.41, 5.74) is 3.40. The van der Waals surface area contributed by atoms with Gasteiger partial charge in [-0.15, -0.1) is 11.8 Å². The van der Waals surface area contributed by atoms with Crippen molar-refractivity contribution >= 4 is 17.7 Å². The number of aromatic nitrogens is 2. The molecule has 1 N–H and O–H groups in total. The molecule has 140 valence electrons. The summed E-state index contributed by atoms with van der Waals surface area (Å²) in [6.45, 7) is 4.43. The first-order valence-corrected chi connectivity index (χ1v) is 9.79. The average Bonchev–Trinajstić information content (AvgIpc) is 2.95. The molecule has 0 saturated heterocycles. The van der Waals surface area contributed by atoms with E-state index in [2.05, 4.69) is 22.5 Å². The lowest BCUT2D eigenvalue weighted by molar-refractivity contribution is -0.120. The van der Waals surface area contributed by atoms with Gasteiger partial charge in [0.2, 0.25) is 5.91 Å². The summed E-state index contributed by atoms with van der Waals surface area (Å²) >= 11 is 1.72. The molecule has 0 atom stereocenters. The van der Waals surface area contributed by atoms with E-state index in [1.165, 1.54) is 17.0 Å². The molecule has 0 fully saturated rings. The molecule has 0 radical (unpaired) electrons. The summed E-state index contributed by atoms with van der Waals surface area (Å²) < 4.78 is 14.9. The second-order valence-electron chi connectivity index (χ2n) is 6.23. The fourth-order valence-electron chi connectivity index (χ4n) is 2.86. The van der Waals surface area contributed by atoms with Crippen LogP contribution >= 0.6 is 11.8 Å². The summed E-state index contributed by atoms with van der Waals surface area (Å²) in [4.78, 5) is 13.5. The van der Waals surface area contributed by atoms with Crippen LogP contribution < -0.4 is 5.32 Å². The van der Waals surface area contributed by atoms with Crippen LogP contribution in [0, 0.1) is 19.7 Å². The first-order valence-electron chi connectivity index (χ1n) is 8.80. The molecule has 6 heteroatoms. The third-order valence-electron chi connectivity index (χ3n) is 4.29. The van der Waals surface area contributed by atoms with Crippen LogP contribution in [0.4, 0.5) is 4.39 Å². The molecule has 0 aliphatic heterocycles. The number of aryl methyl sites for hydroxylation is 1. The maximum absolute atomic E-state index is 13.1. The highest BCUT2D eigenvalue weighted by atomic mass is 32.2. The summed E-state index contributed by atoms with van der Waals surface area (Å²) in [5.74, 6) is 0.518. The van der Waals surface area contributed by atoms with Gasteiger partial charge in [-0.3, -0.25) is 4.79 Å². The summed E-state index contributed by atoms with van der Waals surface area (Å²) in [5, 5.41) is 7.48. The number of nitrogens with zero attached hydrogens (tertiary/aromatic N) is 2. The molecule has 0 aliphatic carbocycles. The van der Waals surface area contributed by atoms with Crippen molar-refractivity contribution in [1.29, 1.82) is 0 Å². The highest BCUT2D eigenvalue weighted by Gasteiger charge is 2.15. The van der Waals surface area contributed by atoms with E-state index in [0.29, 0.717) is 6.54 Å². The van der Waals surface area contributed by atoms with Crippen LogP contribution in [-0.4, -0.2) is 28.0 Å². The molecule has 27 heavy (non-hydrogen) atoms. The Morgan fingerprint density at radius 1 is 1.11 bits per heavy atom. The van der Waals surface area contributed by atoms with Crippen molar-refractivity contribution in [2.24, 2.45) is 0 Å². The number of thioether (sulfide) groups is 1. The van der Waals surface area contributed by atoms with Gasteiger partial charge in [0, 0.05) is 28.5 Å². The standard InChI is InChI=1S/C21H22FN3OS/c1-15-20(16(2)25(24-15)18-10-8-17(22)9-11-18)14-21(26)23-12-13-27-19-6-4-3-5-7-19/h3-11H,12-14H2,1-2H3,(H,23,26). The molecule has 1 heterocycles. The number of rotatable bonds is 7. The smallest absolute Gasteiger partial charge is 0.224 e. The van der Waals surface area contributed by atoms with E-state index in [4.69, 9.17) is 0 Å². The lowest BCUT2D eigenvalue weighted by Crippen LogP contribution is -2.27. The van der Waals surface area contributed by atoms with Gasteiger partial charge < -0.3 is 5.32 Å². The van der Waals surface area contributed by atoms with E-state index in [1.54, 1.807) is 28.6 Å². The number of hydrogen-bond acceptors (Lipinski definition) is 3. The van der Waals surface area contributed by atoms with Crippen LogP contribution in [0.5, 0.6) is 0 Å². The first kappa shape index (κ1) is 19.2.